The van der Waals surface area contributed by atoms with Crippen molar-refractivity contribution in [2.45, 2.75) is 25.9 Å². The number of carbonyl (C=O) groups is 2. The highest BCUT2D eigenvalue weighted by Gasteiger charge is 2.39. The number of aromatic nitrogens is 3. The minimum Gasteiger partial charge on any atom is -0.448 e. The molecule has 0 saturated carbocycles. The maximum Gasteiger partial charge on any atom is 0.273 e. The van der Waals surface area contributed by atoms with Crippen molar-refractivity contribution < 1.29 is 14.0 Å². The van der Waals surface area contributed by atoms with E-state index in [1.54, 1.807) is 25.1 Å². The Labute approximate surface area is 168 Å². The van der Waals surface area contributed by atoms with Gasteiger partial charge in [0.2, 0.25) is 5.91 Å². The van der Waals surface area contributed by atoms with E-state index in [0.717, 1.165) is 11.1 Å². The Morgan fingerprint density at radius 1 is 1.31 bits per heavy atom. The Kier molecular flexibility index (Phi) is 5.16. The normalized spacial score (nSPS) is 19.0. The van der Waals surface area contributed by atoms with Crippen LogP contribution in [-0.4, -0.2) is 45.1 Å². The van der Waals surface area contributed by atoms with Crippen LogP contribution in [0.3, 0.4) is 0 Å². The lowest BCUT2D eigenvalue weighted by Crippen LogP contribution is -2.33. The zero-order chi connectivity index (χ0) is 20.4. The summed E-state index contributed by atoms with van der Waals surface area (Å²) < 4.78 is 6.96. The quantitative estimate of drug-likeness (QED) is 0.693. The van der Waals surface area contributed by atoms with E-state index in [4.69, 9.17) is 4.42 Å². The van der Waals surface area contributed by atoms with Crippen LogP contribution >= 0.6 is 0 Å². The molecule has 1 fully saturated rings. The first-order valence-electron chi connectivity index (χ1n) is 9.53. The first-order chi connectivity index (χ1) is 14.0. The molecule has 2 amide bonds. The van der Waals surface area contributed by atoms with Crippen LogP contribution in [0.1, 0.15) is 39.8 Å². The Morgan fingerprint density at radius 3 is 2.83 bits per heavy atom. The molecule has 0 aliphatic carbocycles. The summed E-state index contributed by atoms with van der Waals surface area (Å²) in [5.41, 5.74) is 2.39. The summed E-state index contributed by atoms with van der Waals surface area (Å²) in [4.78, 5) is 30.4. The fourth-order valence-corrected chi connectivity index (χ4v) is 3.85. The molecule has 0 unspecified atom stereocenters. The molecule has 150 valence electrons. The van der Waals surface area contributed by atoms with Crippen LogP contribution in [0, 0.1) is 12.8 Å². The molecule has 1 aliphatic rings. The zero-order valence-electron chi connectivity index (χ0n) is 16.4. The van der Waals surface area contributed by atoms with Crippen molar-refractivity contribution >= 4 is 11.8 Å². The minimum atomic E-state index is -0.295. The van der Waals surface area contributed by atoms with Gasteiger partial charge >= 0.3 is 0 Å². The smallest absolute Gasteiger partial charge is 0.273 e. The SMILES string of the molecule is Cc1ocnc1C(=O)NC[C@@H]1CC(=O)N(C)[C@H]1c1cnn(Cc2ccccc2)c1. The van der Waals surface area contributed by atoms with Gasteiger partial charge in [0, 0.05) is 37.7 Å². The number of oxazole rings is 1. The van der Waals surface area contributed by atoms with Gasteiger partial charge in [-0.05, 0) is 12.5 Å². The van der Waals surface area contributed by atoms with Gasteiger partial charge < -0.3 is 14.6 Å². The average Bonchev–Trinajstić information content (AvgIpc) is 3.41. The van der Waals surface area contributed by atoms with Crippen LogP contribution in [0.25, 0.3) is 0 Å². The highest BCUT2D eigenvalue weighted by atomic mass is 16.3. The van der Waals surface area contributed by atoms with Gasteiger partial charge in [0.05, 0.1) is 18.8 Å². The zero-order valence-corrected chi connectivity index (χ0v) is 16.4. The molecule has 2 aromatic heterocycles. The van der Waals surface area contributed by atoms with Crippen molar-refractivity contribution in [3.63, 3.8) is 0 Å². The Morgan fingerprint density at radius 2 is 2.10 bits per heavy atom. The Bertz CT molecular complexity index is 1010. The molecule has 8 nitrogen and oxygen atoms in total. The number of nitrogens with one attached hydrogen (secondary N) is 1. The summed E-state index contributed by atoms with van der Waals surface area (Å²) >= 11 is 0. The second kappa shape index (κ2) is 7.90. The standard InChI is InChI=1S/C21H23N5O3/c1-14-19(23-13-29-14)21(28)22-9-16-8-18(27)25(2)20(16)17-10-24-26(12-17)11-15-6-4-3-5-7-15/h3-7,10,12-13,16,20H,8-9,11H2,1-2H3,(H,22,28)/t16-,20+/m0/s1. The predicted molar refractivity (Wildman–Crippen MR) is 105 cm³/mol. The van der Waals surface area contributed by atoms with Crippen molar-refractivity contribution in [3.8, 4) is 0 Å². The molecule has 2 atom stereocenters. The van der Waals surface area contributed by atoms with E-state index in [1.807, 2.05) is 29.1 Å². The first kappa shape index (κ1) is 18.9. The highest BCUT2D eigenvalue weighted by Crippen LogP contribution is 2.36. The molecule has 3 heterocycles. The third-order valence-electron chi connectivity index (χ3n) is 5.36. The molecule has 3 aromatic rings. The Balaban J connectivity index is 1.46. The fraction of sp³-hybridized carbons (Fsp3) is 0.333. The number of aryl methyl sites for hydroxylation is 1. The molecule has 1 saturated heterocycles. The number of carbonyl (C=O) groups excluding carboxylic acids is 2. The van der Waals surface area contributed by atoms with Gasteiger partial charge in [0.1, 0.15) is 5.76 Å². The maximum atomic E-state index is 12.4. The van der Waals surface area contributed by atoms with Crippen molar-refractivity contribution in [3.05, 3.63) is 71.7 Å². The number of hydrogen-bond donors (Lipinski definition) is 1. The second-order valence-electron chi connectivity index (χ2n) is 7.34. The molecule has 8 heteroatoms. The molecular formula is C21H23N5O3. The average molecular weight is 393 g/mol. The molecule has 29 heavy (non-hydrogen) atoms. The molecule has 1 N–H and O–H groups in total. The molecule has 1 aromatic carbocycles. The van der Waals surface area contributed by atoms with E-state index >= 15 is 0 Å². The van der Waals surface area contributed by atoms with Crippen molar-refractivity contribution in [1.82, 2.24) is 25.0 Å². The van der Waals surface area contributed by atoms with Crippen LogP contribution in [0.5, 0.6) is 0 Å². The number of amides is 2. The second-order valence-corrected chi connectivity index (χ2v) is 7.34. The van der Waals surface area contributed by atoms with Gasteiger partial charge in [-0.25, -0.2) is 4.98 Å². The number of rotatable bonds is 6. The predicted octanol–water partition coefficient (Wildman–Crippen LogP) is 2.18. The number of hydrogen-bond acceptors (Lipinski definition) is 5. The van der Waals surface area contributed by atoms with Crippen molar-refractivity contribution in [2.75, 3.05) is 13.6 Å². The van der Waals surface area contributed by atoms with Gasteiger partial charge in [-0.15, -0.1) is 0 Å². The molecule has 0 bridgehead atoms. The van der Waals surface area contributed by atoms with Crippen molar-refractivity contribution in [1.29, 1.82) is 0 Å². The van der Waals surface area contributed by atoms with Crippen LogP contribution in [0.2, 0.25) is 0 Å². The third kappa shape index (κ3) is 3.91. The van der Waals surface area contributed by atoms with E-state index in [0.29, 0.717) is 25.3 Å². The molecule has 1 aliphatic heterocycles. The van der Waals surface area contributed by atoms with Gasteiger partial charge in [0.25, 0.3) is 5.91 Å². The third-order valence-corrected chi connectivity index (χ3v) is 5.36. The van der Waals surface area contributed by atoms with Crippen molar-refractivity contribution in [2.24, 2.45) is 5.92 Å². The van der Waals surface area contributed by atoms with Crippen LogP contribution in [-0.2, 0) is 11.3 Å². The summed E-state index contributed by atoms with van der Waals surface area (Å²) in [6, 6.07) is 9.95. The van der Waals surface area contributed by atoms with Crippen LogP contribution < -0.4 is 5.32 Å². The highest BCUT2D eigenvalue weighted by molar-refractivity contribution is 5.93. The van der Waals surface area contributed by atoms with Crippen LogP contribution in [0.15, 0.2) is 53.5 Å². The number of likely N-dealkylation sites (tertiary alicyclic amines) is 1. The number of nitrogens with zero attached hydrogens (tertiary/aromatic N) is 4. The Hall–Kier alpha value is -3.42. The monoisotopic (exact) mass is 393 g/mol. The van der Waals surface area contributed by atoms with Gasteiger partial charge in [-0.2, -0.15) is 5.10 Å². The van der Waals surface area contributed by atoms with E-state index in [2.05, 4.69) is 27.5 Å². The number of benzene rings is 1. The first-order valence-corrected chi connectivity index (χ1v) is 9.53. The van der Waals surface area contributed by atoms with E-state index < -0.39 is 0 Å². The van der Waals surface area contributed by atoms with Gasteiger partial charge in [-0.1, -0.05) is 30.3 Å². The lowest BCUT2D eigenvalue weighted by atomic mass is 9.95. The molecular weight excluding hydrogens is 370 g/mol. The minimum absolute atomic E-state index is 0.0435. The summed E-state index contributed by atoms with van der Waals surface area (Å²) in [5.74, 6) is 0.193. The summed E-state index contributed by atoms with van der Waals surface area (Å²) in [6.45, 7) is 2.73. The fourth-order valence-electron chi connectivity index (χ4n) is 3.85. The van der Waals surface area contributed by atoms with E-state index in [-0.39, 0.29) is 29.5 Å². The summed E-state index contributed by atoms with van der Waals surface area (Å²) in [5, 5.41) is 7.35. The van der Waals surface area contributed by atoms with Gasteiger partial charge in [-0.3, -0.25) is 14.3 Å². The van der Waals surface area contributed by atoms with Crippen LogP contribution in [0.4, 0.5) is 0 Å². The largest absolute Gasteiger partial charge is 0.448 e. The van der Waals surface area contributed by atoms with E-state index in [9.17, 15) is 9.59 Å². The maximum absolute atomic E-state index is 12.4. The molecule has 4 rings (SSSR count). The molecule has 0 radical (unpaired) electrons. The topological polar surface area (TPSA) is 93.3 Å². The summed E-state index contributed by atoms with van der Waals surface area (Å²) in [6.07, 6.45) is 5.41. The van der Waals surface area contributed by atoms with Gasteiger partial charge in [0.15, 0.2) is 12.1 Å². The molecule has 0 spiro atoms. The van der Waals surface area contributed by atoms with E-state index in [1.165, 1.54) is 6.39 Å². The lowest BCUT2D eigenvalue weighted by molar-refractivity contribution is -0.127. The summed E-state index contributed by atoms with van der Waals surface area (Å²) in [7, 11) is 1.80. The lowest BCUT2D eigenvalue weighted by Gasteiger charge is -2.24.